The van der Waals surface area contributed by atoms with E-state index in [0.717, 1.165) is 5.56 Å². The van der Waals surface area contributed by atoms with Gasteiger partial charge in [-0.05, 0) is 12.8 Å². The lowest BCUT2D eigenvalue weighted by Crippen LogP contribution is -2.29. The van der Waals surface area contributed by atoms with Crippen molar-refractivity contribution >= 4 is 0 Å². The molecular formula is C15H25N3O2. The Bertz CT molecular complexity index is 382. The fourth-order valence-corrected chi connectivity index (χ4v) is 2.79. The Kier molecular flexibility index (Phi) is 6.05. The summed E-state index contributed by atoms with van der Waals surface area (Å²) in [6.45, 7) is 0.692. The van der Waals surface area contributed by atoms with E-state index in [1.165, 1.54) is 51.3 Å². The quantitative estimate of drug-likeness (QED) is 0.898. The second-order valence-corrected chi connectivity index (χ2v) is 5.29. The van der Waals surface area contributed by atoms with Gasteiger partial charge in [0.15, 0.2) is 0 Å². The van der Waals surface area contributed by atoms with Crippen LogP contribution < -0.4 is 14.8 Å². The molecule has 1 aromatic rings. The van der Waals surface area contributed by atoms with Gasteiger partial charge in [0, 0.05) is 12.6 Å². The Labute approximate surface area is 121 Å². The van der Waals surface area contributed by atoms with E-state index in [0.29, 0.717) is 24.3 Å². The highest BCUT2D eigenvalue weighted by atomic mass is 16.5. The maximum Gasteiger partial charge on any atom is 0.224 e. The van der Waals surface area contributed by atoms with Gasteiger partial charge in [-0.1, -0.05) is 32.1 Å². The molecular weight excluding hydrogens is 254 g/mol. The molecule has 5 heteroatoms. The van der Waals surface area contributed by atoms with Crippen molar-refractivity contribution in [2.24, 2.45) is 0 Å². The lowest BCUT2D eigenvalue weighted by atomic mass is 9.96. The van der Waals surface area contributed by atoms with E-state index in [4.69, 9.17) is 9.47 Å². The molecule has 0 spiro atoms. The Morgan fingerprint density at radius 3 is 2.10 bits per heavy atom. The van der Waals surface area contributed by atoms with Crippen LogP contribution in [0.5, 0.6) is 11.8 Å². The summed E-state index contributed by atoms with van der Waals surface area (Å²) in [6.07, 6.45) is 10.7. The van der Waals surface area contributed by atoms with Crippen LogP contribution in [-0.4, -0.2) is 30.2 Å². The van der Waals surface area contributed by atoms with E-state index in [-0.39, 0.29) is 0 Å². The normalized spacial score (nSPS) is 17.3. The molecule has 1 fully saturated rings. The summed E-state index contributed by atoms with van der Waals surface area (Å²) in [7, 11) is 3.25. The molecule has 0 aromatic carbocycles. The molecule has 1 N–H and O–H groups in total. The number of methoxy groups -OCH3 is 2. The largest absolute Gasteiger partial charge is 0.481 e. The van der Waals surface area contributed by atoms with Crippen LogP contribution in [0.1, 0.15) is 50.5 Å². The third-order valence-electron chi connectivity index (χ3n) is 3.93. The summed E-state index contributed by atoms with van der Waals surface area (Å²) in [5.74, 6) is 1.19. The molecule has 0 atom stereocenters. The summed E-state index contributed by atoms with van der Waals surface area (Å²) in [5.41, 5.74) is 0.902. The van der Waals surface area contributed by atoms with Crippen LogP contribution in [0.3, 0.4) is 0 Å². The molecule has 0 amide bonds. The molecule has 112 valence electrons. The molecule has 0 saturated heterocycles. The summed E-state index contributed by atoms with van der Waals surface area (Å²) in [4.78, 5) is 8.30. The minimum atomic E-state index is 0.574. The van der Waals surface area contributed by atoms with Gasteiger partial charge in [-0.25, -0.2) is 9.97 Å². The van der Waals surface area contributed by atoms with Crippen molar-refractivity contribution in [1.29, 1.82) is 0 Å². The van der Waals surface area contributed by atoms with Crippen LogP contribution in [-0.2, 0) is 6.54 Å². The third kappa shape index (κ3) is 4.07. The van der Waals surface area contributed by atoms with Gasteiger partial charge >= 0.3 is 0 Å². The highest BCUT2D eigenvalue weighted by Crippen LogP contribution is 2.24. The number of hydrogen-bond acceptors (Lipinski definition) is 5. The second-order valence-electron chi connectivity index (χ2n) is 5.29. The third-order valence-corrected chi connectivity index (χ3v) is 3.93. The van der Waals surface area contributed by atoms with E-state index in [9.17, 15) is 0 Å². The zero-order valence-electron chi connectivity index (χ0n) is 12.5. The first-order valence-electron chi connectivity index (χ1n) is 7.50. The molecule has 20 heavy (non-hydrogen) atoms. The Hall–Kier alpha value is -1.36. The maximum absolute atomic E-state index is 5.30. The van der Waals surface area contributed by atoms with Crippen molar-refractivity contribution in [2.75, 3.05) is 14.2 Å². The summed E-state index contributed by atoms with van der Waals surface area (Å²) >= 11 is 0. The van der Waals surface area contributed by atoms with E-state index in [2.05, 4.69) is 15.3 Å². The van der Waals surface area contributed by atoms with Crippen LogP contribution in [0.4, 0.5) is 0 Å². The first kappa shape index (κ1) is 15.0. The highest BCUT2D eigenvalue weighted by molar-refractivity contribution is 5.34. The van der Waals surface area contributed by atoms with Gasteiger partial charge in [-0.3, -0.25) is 0 Å². The summed E-state index contributed by atoms with van der Waals surface area (Å²) < 4.78 is 10.6. The number of ether oxygens (including phenoxy) is 2. The predicted molar refractivity (Wildman–Crippen MR) is 78.1 cm³/mol. The van der Waals surface area contributed by atoms with Crippen molar-refractivity contribution in [1.82, 2.24) is 15.3 Å². The van der Waals surface area contributed by atoms with Gasteiger partial charge < -0.3 is 14.8 Å². The SMILES string of the molecule is COc1ncnc(OC)c1CNC1CCCCCCC1. The van der Waals surface area contributed by atoms with Gasteiger partial charge in [0.1, 0.15) is 6.33 Å². The van der Waals surface area contributed by atoms with Crippen molar-refractivity contribution in [3.05, 3.63) is 11.9 Å². The molecule has 1 heterocycles. The van der Waals surface area contributed by atoms with Gasteiger partial charge in [-0.15, -0.1) is 0 Å². The number of aromatic nitrogens is 2. The fourth-order valence-electron chi connectivity index (χ4n) is 2.79. The van der Waals surface area contributed by atoms with Gasteiger partial charge in [0.2, 0.25) is 11.8 Å². The van der Waals surface area contributed by atoms with Crippen LogP contribution in [0.2, 0.25) is 0 Å². The number of hydrogen-bond donors (Lipinski definition) is 1. The smallest absolute Gasteiger partial charge is 0.224 e. The van der Waals surface area contributed by atoms with E-state index < -0.39 is 0 Å². The number of nitrogens with one attached hydrogen (secondary N) is 1. The van der Waals surface area contributed by atoms with E-state index in [1.54, 1.807) is 14.2 Å². The van der Waals surface area contributed by atoms with Crippen LogP contribution in [0, 0.1) is 0 Å². The molecule has 1 aliphatic carbocycles. The number of rotatable bonds is 5. The lowest BCUT2D eigenvalue weighted by Gasteiger charge is -2.21. The standard InChI is InChI=1S/C15H25N3O2/c1-19-14-13(15(20-2)18-11-17-14)10-16-12-8-6-4-3-5-7-9-12/h11-12,16H,3-10H2,1-2H3. The monoisotopic (exact) mass is 279 g/mol. The first-order valence-corrected chi connectivity index (χ1v) is 7.50. The number of nitrogens with zero attached hydrogens (tertiary/aromatic N) is 2. The Morgan fingerprint density at radius 2 is 1.55 bits per heavy atom. The minimum absolute atomic E-state index is 0.574. The van der Waals surface area contributed by atoms with Crippen molar-refractivity contribution < 1.29 is 9.47 Å². The zero-order valence-corrected chi connectivity index (χ0v) is 12.5. The summed E-state index contributed by atoms with van der Waals surface area (Å²) in [6, 6.07) is 0.574. The van der Waals surface area contributed by atoms with Crippen molar-refractivity contribution in [3.8, 4) is 11.8 Å². The predicted octanol–water partition coefficient (Wildman–Crippen LogP) is 2.70. The zero-order chi connectivity index (χ0) is 14.2. The van der Waals surface area contributed by atoms with Gasteiger partial charge in [0.25, 0.3) is 0 Å². The van der Waals surface area contributed by atoms with Gasteiger partial charge in [-0.2, -0.15) is 0 Å². The Balaban J connectivity index is 1.98. The molecule has 1 aromatic heterocycles. The summed E-state index contributed by atoms with van der Waals surface area (Å²) in [5, 5.41) is 3.62. The van der Waals surface area contributed by atoms with E-state index >= 15 is 0 Å². The highest BCUT2D eigenvalue weighted by Gasteiger charge is 2.16. The molecule has 1 aliphatic rings. The maximum atomic E-state index is 5.30. The van der Waals surface area contributed by atoms with E-state index in [1.807, 2.05) is 0 Å². The lowest BCUT2D eigenvalue weighted by molar-refractivity contribution is 0.347. The second kappa shape index (κ2) is 8.04. The van der Waals surface area contributed by atoms with Crippen LogP contribution in [0.15, 0.2) is 6.33 Å². The first-order chi connectivity index (χ1) is 9.85. The van der Waals surface area contributed by atoms with Crippen LogP contribution >= 0.6 is 0 Å². The van der Waals surface area contributed by atoms with Crippen molar-refractivity contribution in [2.45, 2.75) is 57.5 Å². The fraction of sp³-hybridized carbons (Fsp3) is 0.733. The van der Waals surface area contributed by atoms with Crippen molar-refractivity contribution in [3.63, 3.8) is 0 Å². The van der Waals surface area contributed by atoms with Gasteiger partial charge in [0.05, 0.1) is 19.8 Å². The minimum Gasteiger partial charge on any atom is -0.481 e. The molecule has 0 unspecified atom stereocenters. The molecule has 5 nitrogen and oxygen atoms in total. The molecule has 2 rings (SSSR count). The Morgan fingerprint density at radius 1 is 1.00 bits per heavy atom. The van der Waals surface area contributed by atoms with Crippen LogP contribution in [0.25, 0.3) is 0 Å². The topological polar surface area (TPSA) is 56.3 Å². The average molecular weight is 279 g/mol. The molecule has 0 aliphatic heterocycles. The molecule has 0 radical (unpaired) electrons. The molecule has 0 bridgehead atoms. The average Bonchev–Trinajstić information content (AvgIpc) is 2.45. The molecule has 1 saturated carbocycles.